The number of halogens is 5. The van der Waals surface area contributed by atoms with Gasteiger partial charge in [0.15, 0.2) is 23.1 Å². The first kappa shape index (κ1) is 76.1. The van der Waals surface area contributed by atoms with Crippen LogP contribution in [0.3, 0.4) is 0 Å². The molecular formula is C86H56Cl2F3NO20. The first-order valence-electron chi connectivity index (χ1n) is 33.4. The van der Waals surface area contributed by atoms with E-state index in [-0.39, 0.29) is 40.0 Å². The van der Waals surface area contributed by atoms with Crippen LogP contribution in [0.2, 0.25) is 10.0 Å². The normalized spacial score (nSPS) is 10.9. The molecule has 0 bridgehead atoms. The van der Waals surface area contributed by atoms with Crippen LogP contribution in [0.1, 0.15) is 11.1 Å². The van der Waals surface area contributed by atoms with E-state index in [1.165, 1.54) is 52.7 Å². The van der Waals surface area contributed by atoms with Gasteiger partial charge in [0.2, 0.25) is 0 Å². The number of para-hydroxylation sites is 3. The lowest BCUT2D eigenvalue weighted by Crippen LogP contribution is -2.03. The van der Waals surface area contributed by atoms with Crippen LogP contribution in [0, 0.1) is 36.2 Å². The summed E-state index contributed by atoms with van der Waals surface area (Å²) >= 11 is 12.4. The Morgan fingerprint density at radius 3 is 1.48 bits per heavy atom. The largest absolute Gasteiger partial charge is 0.508 e. The molecular weight excluding hydrogens is 1490 g/mol. The lowest BCUT2D eigenvalue weighted by Gasteiger charge is -2.06. The predicted molar refractivity (Wildman–Crippen MR) is 422 cm³/mol. The van der Waals surface area contributed by atoms with Crippen LogP contribution in [0.5, 0.6) is 40.2 Å². The second kappa shape index (κ2) is 32.4. The van der Waals surface area contributed by atoms with Gasteiger partial charge < -0.3 is 65.5 Å². The summed E-state index contributed by atoms with van der Waals surface area (Å²) in [7, 11) is 7.43. The maximum Gasteiger partial charge on any atom is 0.347 e. The fraction of sp³-hybridized carbons (Fsp3) is 0.0814. The number of nitrogens with zero attached hydrogens (tertiary/aromatic N) is 1. The molecule has 7 heterocycles. The number of ether oxygens (including phenoxy) is 5. The Morgan fingerprint density at radius 2 is 0.875 bits per heavy atom. The van der Waals surface area contributed by atoms with Crippen molar-refractivity contribution < 1.29 is 78.7 Å². The number of phenols is 2. The summed E-state index contributed by atoms with van der Waals surface area (Å²) < 4.78 is 97.6. The van der Waals surface area contributed by atoms with E-state index in [4.69, 9.17) is 78.5 Å². The van der Waals surface area contributed by atoms with Crippen molar-refractivity contribution in [3.05, 3.63) is 301 Å². The molecule has 0 unspecified atom stereocenters. The number of aliphatic hydroxyl groups excluding tert-OH is 1. The lowest BCUT2D eigenvalue weighted by molar-refractivity contribution is 0.350. The Morgan fingerprint density at radius 1 is 0.393 bits per heavy atom. The number of aromatic hydroxyl groups is 2. The summed E-state index contributed by atoms with van der Waals surface area (Å²) in [5.74, 6) is 4.91. The van der Waals surface area contributed by atoms with Crippen LogP contribution in [0.4, 0.5) is 13.2 Å². The van der Waals surface area contributed by atoms with Crippen LogP contribution < -0.4 is 57.4 Å². The Kier molecular flexibility index (Phi) is 22.0. The Balaban J connectivity index is 0.000000118. The zero-order valence-electron chi connectivity index (χ0n) is 59.4. The highest BCUT2D eigenvalue weighted by atomic mass is 35.5. The van der Waals surface area contributed by atoms with E-state index in [0.717, 1.165) is 33.7 Å². The third-order valence-corrected chi connectivity index (χ3v) is 18.5. The van der Waals surface area contributed by atoms with Gasteiger partial charge in [-0.1, -0.05) is 102 Å². The number of methoxy groups -OCH3 is 5. The molecule has 0 amide bonds. The number of hydrogen-bond donors (Lipinski definition) is 3. The molecule has 18 aromatic rings. The Labute approximate surface area is 636 Å². The Hall–Kier alpha value is -14.1. The summed E-state index contributed by atoms with van der Waals surface area (Å²) in [6, 6.07) is 53.1. The topological polar surface area (TPSA) is 301 Å². The second-order valence-corrected chi connectivity index (χ2v) is 25.1. The summed E-state index contributed by atoms with van der Waals surface area (Å²) in [4.78, 5) is 75.6. The first-order valence-corrected chi connectivity index (χ1v) is 34.1. The van der Waals surface area contributed by atoms with Gasteiger partial charge in [-0.2, -0.15) is 0 Å². The van der Waals surface area contributed by atoms with E-state index in [1.54, 1.807) is 135 Å². The number of aliphatic hydroxyl groups is 1. The number of pyridine rings is 1. The third kappa shape index (κ3) is 15.0. The minimum atomic E-state index is -0.765. The molecule has 3 N–H and O–H groups in total. The molecule has 0 aliphatic rings. The zero-order chi connectivity index (χ0) is 79.3. The average Bonchev–Trinajstić information content (AvgIpc) is 0.781. The van der Waals surface area contributed by atoms with Gasteiger partial charge in [0.25, 0.3) is 0 Å². The van der Waals surface area contributed by atoms with E-state index >= 15 is 0 Å². The fourth-order valence-corrected chi connectivity index (χ4v) is 12.9. The predicted octanol–water partition coefficient (Wildman–Crippen LogP) is 17.9. The van der Waals surface area contributed by atoms with Gasteiger partial charge in [-0.05, 0) is 122 Å². The minimum absolute atomic E-state index is 0.00245. The van der Waals surface area contributed by atoms with Gasteiger partial charge in [-0.25, -0.2) is 41.9 Å². The highest BCUT2D eigenvalue weighted by Gasteiger charge is 2.20. The standard InChI is InChI=1S/C16H9ClO4.C14H9ClO3.C14H9FO4.C14H9FO3.C14H9FO2.C14H11NO4/c17-15-9(2-1-7-18)3-5-12-14(15)11-6-4-10(19)8-13(11)21-16(12)20;1-17-13-7-10-9(6-11(13)15)8-4-2-3-5-12(8)18-14(10)16;1-18-7-2-3-8-9-5-11(15)12(16)6-13(9)19-14(17)10(8)4-7;1-17-11-7-6-9-8-4-2-3-5-10(8)18-14(16)12(9)13(11)15;1-8-6-7-10-9-4-2-3-5-11(9)17-14(16)12(10)13(8)15;1-17-8-3-4-10-12(6-8)19-14(16)11-5-9(18-2)7-15-13(10)11/h3-6,8,18-19H,7H2;2-7H,1H3;2-6,16H,1H3;2-7H,1H3;2-7H,1H3;3-7H,1-2H3. The van der Waals surface area contributed by atoms with E-state index in [0.29, 0.717) is 131 Å². The maximum atomic E-state index is 14.1. The molecule has 0 radical (unpaired) electrons. The van der Waals surface area contributed by atoms with Gasteiger partial charge in [0.05, 0.1) is 78.9 Å². The molecule has 26 heteroatoms. The van der Waals surface area contributed by atoms with Gasteiger partial charge in [-0.15, -0.1) is 0 Å². The highest BCUT2D eigenvalue weighted by molar-refractivity contribution is 6.39. The van der Waals surface area contributed by atoms with Gasteiger partial charge in [-0.3, -0.25) is 4.98 Å². The highest BCUT2D eigenvalue weighted by Crippen LogP contribution is 2.37. The van der Waals surface area contributed by atoms with E-state index in [9.17, 15) is 52.2 Å². The second-order valence-electron chi connectivity index (χ2n) is 24.3. The number of aryl methyl sites for hydroxylation is 1. The fourth-order valence-electron chi connectivity index (χ4n) is 12.4. The van der Waals surface area contributed by atoms with Crippen molar-refractivity contribution in [1.82, 2.24) is 4.98 Å². The van der Waals surface area contributed by atoms with Crippen LogP contribution in [-0.4, -0.2) is 62.5 Å². The zero-order valence-corrected chi connectivity index (χ0v) is 60.9. The van der Waals surface area contributed by atoms with Crippen molar-refractivity contribution in [2.45, 2.75) is 6.92 Å². The van der Waals surface area contributed by atoms with Gasteiger partial charge >= 0.3 is 33.8 Å². The first-order chi connectivity index (χ1) is 54.0. The van der Waals surface area contributed by atoms with Crippen molar-refractivity contribution in [3.63, 3.8) is 0 Å². The van der Waals surface area contributed by atoms with Gasteiger partial charge in [0, 0.05) is 83.0 Å². The number of rotatable bonds is 5. The molecule has 112 heavy (non-hydrogen) atoms. The number of phenolic OH excluding ortho intramolecular Hbond substituents is 2. The van der Waals surface area contributed by atoms with Crippen LogP contribution >= 0.6 is 23.2 Å². The van der Waals surface area contributed by atoms with Crippen molar-refractivity contribution in [3.8, 4) is 52.1 Å². The number of fused-ring (bicyclic) bond motifs is 18. The molecule has 0 spiro atoms. The van der Waals surface area contributed by atoms with Crippen molar-refractivity contribution in [1.29, 1.82) is 0 Å². The van der Waals surface area contributed by atoms with Crippen molar-refractivity contribution in [2.24, 2.45) is 0 Å². The molecule has 11 aromatic carbocycles. The van der Waals surface area contributed by atoms with Crippen LogP contribution in [0.25, 0.3) is 131 Å². The average molecular weight is 1550 g/mol. The quantitative estimate of drug-likeness (QED) is 0.0819. The van der Waals surface area contributed by atoms with Crippen LogP contribution in [0.15, 0.2) is 256 Å². The van der Waals surface area contributed by atoms with Crippen molar-refractivity contribution in [2.75, 3.05) is 42.2 Å². The molecule has 0 aliphatic heterocycles. The summed E-state index contributed by atoms with van der Waals surface area (Å²) in [5.41, 5.74) is 0.620. The number of aromatic nitrogens is 1. The molecule has 0 atom stereocenters. The molecule has 560 valence electrons. The third-order valence-electron chi connectivity index (χ3n) is 17.8. The lowest BCUT2D eigenvalue weighted by atomic mass is 10.0. The maximum absolute atomic E-state index is 14.1. The van der Waals surface area contributed by atoms with Crippen molar-refractivity contribution >= 4 is 154 Å². The molecule has 21 nitrogen and oxygen atoms in total. The van der Waals surface area contributed by atoms with Crippen LogP contribution in [-0.2, 0) is 0 Å². The molecule has 0 aliphatic carbocycles. The summed E-state index contributed by atoms with van der Waals surface area (Å²) in [6.45, 7) is 1.35. The molecule has 7 aromatic heterocycles. The van der Waals surface area contributed by atoms with E-state index < -0.39 is 57.0 Å². The molecule has 0 saturated heterocycles. The molecule has 18 rings (SSSR count). The van der Waals surface area contributed by atoms with E-state index in [2.05, 4.69) is 16.8 Å². The summed E-state index contributed by atoms with van der Waals surface area (Å²) in [5, 5.41) is 36.9. The van der Waals surface area contributed by atoms with E-state index in [1.807, 2.05) is 42.5 Å². The molecule has 0 fully saturated rings. The number of benzene rings is 11. The SMILES string of the molecule is COc1cc2c(=O)oc3ccccc3c2cc1Cl.COc1ccc2c(c1)c(=O)oc1cc(O)c(F)cc12.COc1ccc2c(c1)oc(=O)c1cc(OC)cnc12.COc1ccc2c(c1F)c(=O)oc1ccccc12.Cc1ccc2c(c1F)c(=O)oc1ccccc12.O=c1oc2cc(O)ccc2c2c(Cl)c(C#CCO)ccc12. The molecule has 0 saturated carbocycles. The smallest absolute Gasteiger partial charge is 0.347 e. The Bertz CT molecular complexity index is 7250. The monoisotopic (exact) mass is 1550 g/mol. The number of hydrogen-bond acceptors (Lipinski definition) is 21. The minimum Gasteiger partial charge on any atom is -0.508 e. The summed E-state index contributed by atoms with van der Waals surface area (Å²) in [6.07, 6.45) is 1.57. The van der Waals surface area contributed by atoms with Gasteiger partial charge in [0.1, 0.15) is 85.4 Å².